The molecule has 2 rings (SSSR count). The van der Waals surface area contributed by atoms with Crippen LogP contribution in [0.1, 0.15) is 16.7 Å². The van der Waals surface area contributed by atoms with Gasteiger partial charge in [0, 0.05) is 5.69 Å². The minimum atomic E-state index is -3.64. The molecule has 0 aliphatic heterocycles. The van der Waals surface area contributed by atoms with Crippen molar-refractivity contribution >= 4 is 21.4 Å². The van der Waals surface area contributed by atoms with Crippen LogP contribution in [0.15, 0.2) is 47.4 Å². The summed E-state index contributed by atoms with van der Waals surface area (Å²) in [4.78, 5) is 12.2. The van der Waals surface area contributed by atoms with Crippen LogP contribution in [0.5, 0.6) is 0 Å². The highest BCUT2D eigenvalue weighted by molar-refractivity contribution is 7.92. The van der Waals surface area contributed by atoms with Crippen molar-refractivity contribution in [3.63, 3.8) is 0 Å². The Morgan fingerprint density at radius 1 is 0.955 bits per heavy atom. The zero-order chi connectivity index (χ0) is 16.3. The molecule has 5 heteroatoms. The summed E-state index contributed by atoms with van der Waals surface area (Å²) in [5.74, 6) is -1.10. The summed E-state index contributed by atoms with van der Waals surface area (Å²) >= 11 is 0. The van der Waals surface area contributed by atoms with Crippen molar-refractivity contribution < 1.29 is 13.2 Å². The molecule has 116 valence electrons. The average Bonchev–Trinajstić information content (AvgIpc) is 2.43. The van der Waals surface area contributed by atoms with Crippen molar-refractivity contribution in [1.29, 1.82) is 0 Å². The van der Waals surface area contributed by atoms with Crippen LogP contribution < -0.4 is 5.32 Å². The van der Waals surface area contributed by atoms with E-state index in [1.165, 1.54) is 0 Å². The third-order valence-electron chi connectivity index (χ3n) is 3.58. The summed E-state index contributed by atoms with van der Waals surface area (Å²) in [6.07, 6.45) is 0. The van der Waals surface area contributed by atoms with Gasteiger partial charge in [-0.15, -0.1) is 0 Å². The maximum Gasteiger partial charge on any atom is 0.239 e. The molecule has 4 nitrogen and oxygen atoms in total. The molecule has 0 fully saturated rings. The maximum atomic E-state index is 12.3. The minimum absolute atomic E-state index is 0.176. The second-order valence-corrected chi connectivity index (χ2v) is 7.36. The molecule has 0 saturated carbocycles. The van der Waals surface area contributed by atoms with Crippen LogP contribution in [-0.4, -0.2) is 20.1 Å². The van der Waals surface area contributed by atoms with Crippen LogP contribution in [0.4, 0.5) is 5.69 Å². The maximum absolute atomic E-state index is 12.3. The van der Waals surface area contributed by atoms with Gasteiger partial charge in [-0.3, -0.25) is 4.79 Å². The summed E-state index contributed by atoms with van der Waals surface area (Å²) in [5.41, 5.74) is 3.42. The first-order valence-electron chi connectivity index (χ1n) is 6.95. The van der Waals surface area contributed by atoms with E-state index in [4.69, 9.17) is 0 Å². The number of amides is 1. The van der Waals surface area contributed by atoms with Crippen LogP contribution in [0.2, 0.25) is 0 Å². The van der Waals surface area contributed by atoms with Gasteiger partial charge in [-0.2, -0.15) is 0 Å². The number of para-hydroxylation sites is 1. The van der Waals surface area contributed by atoms with E-state index in [0.717, 1.165) is 16.7 Å². The second kappa shape index (κ2) is 6.32. The SMILES string of the molecule is Cc1ccc(S(=O)(=O)CC(=O)Nc2ccccc2C)cc1C. The number of hydrogen-bond acceptors (Lipinski definition) is 3. The van der Waals surface area contributed by atoms with Gasteiger partial charge >= 0.3 is 0 Å². The molecule has 1 N–H and O–H groups in total. The molecule has 0 aromatic heterocycles. The normalized spacial score (nSPS) is 11.2. The highest BCUT2D eigenvalue weighted by atomic mass is 32.2. The summed E-state index contributed by atoms with van der Waals surface area (Å²) in [6.45, 7) is 5.62. The molecule has 2 aromatic rings. The van der Waals surface area contributed by atoms with E-state index in [0.29, 0.717) is 5.69 Å². The van der Waals surface area contributed by atoms with Crippen LogP contribution in [0, 0.1) is 20.8 Å². The van der Waals surface area contributed by atoms with E-state index in [2.05, 4.69) is 5.32 Å². The third kappa shape index (κ3) is 3.74. The van der Waals surface area contributed by atoms with Crippen molar-refractivity contribution in [2.75, 3.05) is 11.1 Å². The minimum Gasteiger partial charge on any atom is -0.325 e. The molecule has 1 amide bonds. The van der Waals surface area contributed by atoms with Crippen LogP contribution in [0.3, 0.4) is 0 Å². The Morgan fingerprint density at radius 2 is 1.64 bits per heavy atom. The molecule has 0 heterocycles. The number of aryl methyl sites for hydroxylation is 3. The van der Waals surface area contributed by atoms with Crippen molar-refractivity contribution in [3.05, 3.63) is 59.2 Å². The molecule has 0 spiro atoms. The monoisotopic (exact) mass is 317 g/mol. The van der Waals surface area contributed by atoms with Crippen molar-refractivity contribution in [1.82, 2.24) is 0 Å². The number of rotatable bonds is 4. The van der Waals surface area contributed by atoms with E-state index in [-0.39, 0.29) is 4.90 Å². The predicted octanol–water partition coefficient (Wildman–Crippen LogP) is 3.02. The fourth-order valence-corrected chi connectivity index (χ4v) is 3.28. The highest BCUT2D eigenvalue weighted by Crippen LogP contribution is 2.17. The van der Waals surface area contributed by atoms with E-state index in [1.54, 1.807) is 30.3 Å². The Balaban J connectivity index is 2.16. The summed E-state index contributed by atoms with van der Waals surface area (Å²) in [6, 6.07) is 12.1. The number of carbonyl (C=O) groups excluding carboxylic acids is 1. The lowest BCUT2D eigenvalue weighted by Gasteiger charge is -2.09. The fraction of sp³-hybridized carbons (Fsp3) is 0.235. The van der Waals surface area contributed by atoms with Gasteiger partial charge in [-0.05, 0) is 55.7 Å². The van der Waals surface area contributed by atoms with Crippen LogP contribution in [0.25, 0.3) is 0 Å². The number of nitrogens with one attached hydrogen (secondary N) is 1. The molecular formula is C17H19NO3S. The van der Waals surface area contributed by atoms with Gasteiger partial charge in [-0.25, -0.2) is 8.42 Å². The van der Waals surface area contributed by atoms with Gasteiger partial charge in [0.2, 0.25) is 5.91 Å². The molecule has 0 saturated heterocycles. The Labute approximate surface area is 131 Å². The molecule has 22 heavy (non-hydrogen) atoms. The van der Waals surface area contributed by atoms with Crippen molar-refractivity contribution in [2.24, 2.45) is 0 Å². The second-order valence-electron chi connectivity index (χ2n) is 5.37. The molecule has 0 bridgehead atoms. The molecule has 2 aromatic carbocycles. The number of carbonyl (C=O) groups is 1. The van der Waals surface area contributed by atoms with E-state index < -0.39 is 21.5 Å². The van der Waals surface area contributed by atoms with E-state index >= 15 is 0 Å². The first-order valence-corrected chi connectivity index (χ1v) is 8.60. The lowest BCUT2D eigenvalue weighted by molar-refractivity contribution is -0.113. The first kappa shape index (κ1) is 16.2. The Kier molecular flexibility index (Phi) is 4.66. The molecule has 0 aliphatic rings. The standard InChI is InChI=1S/C17H19NO3S/c1-12-8-9-15(10-14(12)3)22(20,21)11-17(19)18-16-7-5-4-6-13(16)2/h4-10H,11H2,1-3H3,(H,18,19). The summed E-state index contributed by atoms with van der Waals surface area (Å²) in [7, 11) is -3.64. The van der Waals surface area contributed by atoms with Crippen LogP contribution >= 0.6 is 0 Å². The molecule has 0 unspecified atom stereocenters. The topological polar surface area (TPSA) is 63.2 Å². The molecule has 0 atom stereocenters. The average molecular weight is 317 g/mol. The Morgan fingerprint density at radius 3 is 2.27 bits per heavy atom. The quantitative estimate of drug-likeness (QED) is 0.943. The lowest BCUT2D eigenvalue weighted by Crippen LogP contribution is -2.23. The molecule has 0 radical (unpaired) electrons. The Bertz CT molecular complexity index is 810. The van der Waals surface area contributed by atoms with E-state index in [9.17, 15) is 13.2 Å². The zero-order valence-electron chi connectivity index (χ0n) is 12.9. The third-order valence-corrected chi connectivity index (χ3v) is 5.19. The van der Waals surface area contributed by atoms with Gasteiger partial charge in [0.25, 0.3) is 0 Å². The number of anilines is 1. The highest BCUT2D eigenvalue weighted by Gasteiger charge is 2.20. The first-order chi connectivity index (χ1) is 10.3. The summed E-state index contributed by atoms with van der Waals surface area (Å²) in [5, 5.41) is 2.64. The van der Waals surface area contributed by atoms with E-state index in [1.807, 2.05) is 32.9 Å². The summed E-state index contributed by atoms with van der Waals surface area (Å²) < 4.78 is 24.6. The van der Waals surface area contributed by atoms with Crippen LogP contribution in [-0.2, 0) is 14.6 Å². The largest absolute Gasteiger partial charge is 0.325 e. The molecule has 0 aliphatic carbocycles. The van der Waals surface area contributed by atoms with Gasteiger partial charge in [0.15, 0.2) is 9.84 Å². The fourth-order valence-electron chi connectivity index (χ4n) is 2.06. The van der Waals surface area contributed by atoms with Gasteiger partial charge in [0.05, 0.1) is 4.90 Å². The van der Waals surface area contributed by atoms with Gasteiger partial charge in [0.1, 0.15) is 5.75 Å². The van der Waals surface area contributed by atoms with Gasteiger partial charge < -0.3 is 5.32 Å². The Hall–Kier alpha value is -2.14. The van der Waals surface area contributed by atoms with Crippen molar-refractivity contribution in [3.8, 4) is 0 Å². The smallest absolute Gasteiger partial charge is 0.239 e. The number of benzene rings is 2. The van der Waals surface area contributed by atoms with Gasteiger partial charge in [-0.1, -0.05) is 24.3 Å². The number of sulfone groups is 1. The molecular weight excluding hydrogens is 298 g/mol. The lowest BCUT2D eigenvalue weighted by atomic mass is 10.1. The number of hydrogen-bond donors (Lipinski definition) is 1. The van der Waals surface area contributed by atoms with Crippen molar-refractivity contribution in [2.45, 2.75) is 25.7 Å². The predicted molar refractivity (Wildman–Crippen MR) is 87.8 cm³/mol. The zero-order valence-corrected chi connectivity index (χ0v) is 13.7.